The molecule has 0 amide bonds. The number of carboxylic acid groups (broad SMARTS) is 1. The molecule has 0 bridgehead atoms. The lowest BCUT2D eigenvalue weighted by Crippen LogP contribution is -2.38. The Morgan fingerprint density at radius 1 is 1.56 bits per heavy atom. The average Bonchev–Trinajstić information content (AvgIpc) is 2.26. The quantitative estimate of drug-likeness (QED) is 0.750. The molecule has 0 saturated heterocycles. The predicted octanol–water partition coefficient (Wildman–Crippen LogP) is 1.98. The number of nitrogens with one attached hydrogen (secondary N) is 1. The van der Waals surface area contributed by atoms with Crippen molar-refractivity contribution in [1.29, 1.82) is 0 Å². The van der Waals surface area contributed by atoms with Crippen LogP contribution < -0.4 is 5.32 Å². The van der Waals surface area contributed by atoms with Crippen LogP contribution in [0.2, 0.25) is 0 Å². The average molecular weight is 243 g/mol. The lowest BCUT2D eigenvalue weighted by Gasteiger charge is -2.12. The number of halogens is 1. The second kappa shape index (κ2) is 6.50. The summed E-state index contributed by atoms with van der Waals surface area (Å²) >= 11 is 1.21. The summed E-state index contributed by atoms with van der Waals surface area (Å²) in [5.74, 6) is -0.914. The molecule has 88 valence electrons. The topological polar surface area (TPSA) is 49.3 Å². The van der Waals surface area contributed by atoms with E-state index >= 15 is 0 Å². The van der Waals surface area contributed by atoms with Crippen LogP contribution in [0.25, 0.3) is 0 Å². The third-order valence-corrected chi connectivity index (χ3v) is 3.13. The van der Waals surface area contributed by atoms with E-state index in [4.69, 9.17) is 5.11 Å². The van der Waals surface area contributed by atoms with Gasteiger partial charge in [-0.15, -0.1) is 11.8 Å². The smallest absolute Gasteiger partial charge is 0.321 e. The highest BCUT2D eigenvalue weighted by Gasteiger charge is 2.16. The van der Waals surface area contributed by atoms with Gasteiger partial charge in [-0.05, 0) is 18.7 Å². The molecule has 16 heavy (non-hydrogen) atoms. The number of hydrogen-bond acceptors (Lipinski definition) is 3. The zero-order valence-electron chi connectivity index (χ0n) is 8.94. The molecule has 5 heteroatoms. The van der Waals surface area contributed by atoms with Gasteiger partial charge in [-0.3, -0.25) is 4.79 Å². The molecule has 0 radical (unpaired) electrons. The van der Waals surface area contributed by atoms with Crippen LogP contribution in [-0.4, -0.2) is 29.4 Å². The summed E-state index contributed by atoms with van der Waals surface area (Å²) in [7, 11) is 0. The van der Waals surface area contributed by atoms with E-state index in [-0.39, 0.29) is 5.82 Å². The summed E-state index contributed by atoms with van der Waals surface area (Å²) in [5.41, 5.74) is 0. The van der Waals surface area contributed by atoms with Crippen molar-refractivity contribution in [2.24, 2.45) is 0 Å². The fourth-order valence-electron chi connectivity index (χ4n) is 1.20. The van der Waals surface area contributed by atoms with E-state index in [9.17, 15) is 9.18 Å². The number of aliphatic carboxylic acids is 1. The number of carbonyl (C=O) groups is 1. The minimum atomic E-state index is -0.911. The maximum atomic E-state index is 13.2. The Hall–Kier alpha value is -1.07. The van der Waals surface area contributed by atoms with E-state index in [0.717, 1.165) is 0 Å². The van der Waals surface area contributed by atoms with Crippen LogP contribution in [0.15, 0.2) is 29.2 Å². The zero-order valence-corrected chi connectivity index (χ0v) is 9.76. The van der Waals surface area contributed by atoms with Crippen LogP contribution in [0, 0.1) is 5.82 Å². The van der Waals surface area contributed by atoms with Crippen LogP contribution >= 0.6 is 11.8 Å². The van der Waals surface area contributed by atoms with Gasteiger partial charge in [0.2, 0.25) is 0 Å². The normalized spacial score (nSPS) is 12.4. The molecule has 3 nitrogen and oxygen atoms in total. The highest BCUT2D eigenvalue weighted by Crippen LogP contribution is 2.21. The van der Waals surface area contributed by atoms with Gasteiger partial charge in [0.05, 0.1) is 0 Å². The lowest BCUT2D eigenvalue weighted by atomic mass is 10.3. The highest BCUT2D eigenvalue weighted by molar-refractivity contribution is 7.99. The standard InChI is InChI=1S/C11H14FNO2S/c1-2-13-9(11(14)15)7-16-10-6-4-3-5-8(10)12/h3-6,9,13H,2,7H2,1H3,(H,14,15). The van der Waals surface area contributed by atoms with Crippen molar-refractivity contribution in [3.8, 4) is 0 Å². The highest BCUT2D eigenvalue weighted by atomic mass is 32.2. The molecule has 1 rings (SSSR count). The zero-order chi connectivity index (χ0) is 12.0. The molecule has 0 aromatic heterocycles. The molecule has 1 unspecified atom stereocenters. The van der Waals surface area contributed by atoms with E-state index in [1.807, 2.05) is 6.92 Å². The van der Waals surface area contributed by atoms with Crippen molar-refractivity contribution in [2.45, 2.75) is 17.9 Å². The molecule has 0 aliphatic carbocycles. The molecular formula is C11H14FNO2S. The Bertz CT molecular complexity index is 360. The van der Waals surface area contributed by atoms with Crippen LogP contribution in [0.5, 0.6) is 0 Å². The van der Waals surface area contributed by atoms with Crippen molar-refractivity contribution in [1.82, 2.24) is 5.32 Å². The van der Waals surface area contributed by atoms with Gasteiger partial charge in [-0.1, -0.05) is 19.1 Å². The third kappa shape index (κ3) is 3.83. The van der Waals surface area contributed by atoms with Gasteiger partial charge in [0.25, 0.3) is 0 Å². The SMILES string of the molecule is CCNC(CSc1ccccc1F)C(=O)O. The molecule has 0 fully saturated rings. The third-order valence-electron chi connectivity index (χ3n) is 1.99. The maximum Gasteiger partial charge on any atom is 0.321 e. The summed E-state index contributed by atoms with van der Waals surface area (Å²) in [6.45, 7) is 2.42. The first-order valence-corrected chi connectivity index (χ1v) is 5.97. The minimum Gasteiger partial charge on any atom is -0.480 e. The molecular weight excluding hydrogens is 229 g/mol. The van der Waals surface area contributed by atoms with Crippen LogP contribution in [0.4, 0.5) is 4.39 Å². The number of hydrogen-bond donors (Lipinski definition) is 2. The van der Waals surface area contributed by atoms with Crippen LogP contribution in [-0.2, 0) is 4.79 Å². The van der Waals surface area contributed by atoms with E-state index in [1.54, 1.807) is 18.2 Å². The van der Waals surface area contributed by atoms with Crippen LogP contribution in [0.1, 0.15) is 6.92 Å². The van der Waals surface area contributed by atoms with Crippen molar-refractivity contribution < 1.29 is 14.3 Å². The molecule has 0 heterocycles. The predicted molar refractivity (Wildman–Crippen MR) is 62.2 cm³/mol. The summed E-state index contributed by atoms with van der Waals surface area (Å²) < 4.78 is 13.2. The first kappa shape index (κ1) is 13.0. The molecule has 1 aromatic carbocycles. The summed E-state index contributed by atoms with van der Waals surface area (Å²) in [6, 6.07) is 5.71. The summed E-state index contributed by atoms with van der Waals surface area (Å²) in [4.78, 5) is 11.3. The van der Waals surface area contributed by atoms with Gasteiger partial charge in [-0.2, -0.15) is 0 Å². The van der Waals surface area contributed by atoms with Crippen molar-refractivity contribution in [3.05, 3.63) is 30.1 Å². The number of rotatable bonds is 6. The fraction of sp³-hybridized carbons (Fsp3) is 0.364. The van der Waals surface area contributed by atoms with Gasteiger partial charge >= 0.3 is 5.97 Å². The molecule has 1 aromatic rings. The molecule has 0 spiro atoms. The van der Waals surface area contributed by atoms with Gasteiger partial charge in [0.1, 0.15) is 11.9 Å². The van der Waals surface area contributed by atoms with E-state index in [2.05, 4.69) is 5.32 Å². The van der Waals surface area contributed by atoms with E-state index < -0.39 is 12.0 Å². The molecule has 0 aliphatic rings. The summed E-state index contributed by atoms with van der Waals surface area (Å²) in [6.07, 6.45) is 0. The lowest BCUT2D eigenvalue weighted by molar-refractivity contribution is -0.138. The van der Waals surface area contributed by atoms with Crippen LogP contribution in [0.3, 0.4) is 0 Å². The first-order valence-electron chi connectivity index (χ1n) is 4.98. The second-order valence-corrected chi connectivity index (χ2v) is 4.25. The summed E-state index contributed by atoms with van der Waals surface area (Å²) in [5, 5.41) is 11.7. The number of benzene rings is 1. The Kier molecular flexibility index (Phi) is 5.28. The van der Waals surface area contributed by atoms with Gasteiger partial charge in [-0.25, -0.2) is 4.39 Å². The van der Waals surface area contributed by atoms with Crippen molar-refractivity contribution in [3.63, 3.8) is 0 Å². The maximum absolute atomic E-state index is 13.2. The Morgan fingerprint density at radius 3 is 2.81 bits per heavy atom. The molecule has 0 aliphatic heterocycles. The number of carboxylic acids is 1. The first-order chi connectivity index (χ1) is 7.65. The Labute approximate surface area is 98.1 Å². The Morgan fingerprint density at radius 2 is 2.25 bits per heavy atom. The van der Waals surface area contributed by atoms with Gasteiger partial charge in [0.15, 0.2) is 0 Å². The molecule has 1 atom stereocenters. The number of thioether (sulfide) groups is 1. The monoisotopic (exact) mass is 243 g/mol. The van der Waals surface area contributed by atoms with Gasteiger partial charge < -0.3 is 10.4 Å². The fourth-order valence-corrected chi connectivity index (χ4v) is 2.19. The van der Waals surface area contributed by atoms with Crippen molar-refractivity contribution in [2.75, 3.05) is 12.3 Å². The minimum absolute atomic E-state index is 0.310. The van der Waals surface area contributed by atoms with Gasteiger partial charge in [0, 0.05) is 10.6 Å². The Balaban J connectivity index is 2.55. The molecule has 0 saturated carbocycles. The molecule has 2 N–H and O–H groups in total. The van der Waals surface area contributed by atoms with E-state index in [1.165, 1.54) is 17.8 Å². The second-order valence-electron chi connectivity index (χ2n) is 3.19. The van der Waals surface area contributed by atoms with Crippen molar-refractivity contribution >= 4 is 17.7 Å². The number of likely N-dealkylation sites (N-methyl/N-ethyl adjacent to an activating group) is 1. The largest absolute Gasteiger partial charge is 0.480 e. The van der Waals surface area contributed by atoms with E-state index in [0.29, 0.717) is 17.2 Å².